The van der Waals surface area contributed by atoms with E-state index in [2.05, 4.69) is 26.1 Å². The molecule has 0 saturated carbocycles. The summed E-state index contributed by atoms with van der Waals surface area (Å²) in [4.78, 5) is 10.6. The molecule has 0 aliphatic carbocycles. The molecule has 110 valence electrons. The molecule has 0 saturated heterocycles. The molecule has 3 heteroatoms. The van der Waals surface area contributed by atoms with Gasteiger partial charge in [0.25, 0.3) is 0 Å². The monoisotopic (exact) mass is 266 g/mol. The zero-order chi connectivity index (χ0) is 14.5. The number of allylic oxidation sites excluding steroid dienone is 1. The second-order valence-electron chi connectivity index (χ2n) is 5.30. The van der Waals surface area contributed by atoms with Gasteiger partial charge in [0.2, 0.25) is 0 Å². The molecule has 0 bridgehead atoms. The van der Waals surface area contributed by atoms with Gasteiger partial charge in [0.15, 0.2) is 6.29 Å². The van der Waals surface area contributed by atoms with Gasteiger partial charge in [0.05, 0.1) is 0 Å². The minimum absolute atomic E-state index is 0.447. The maximum atomic E-state index is 10.6. The Morgan fingerprint density at radius 2 is 2.00 bits per heavy atom. The lowest BCUT2D eigenvalue weighted by Gasteiger charge is -2.18. The predicted octanol–water partition coefficient (Wildman–Crippen LogP) is 3.74. The maximum absolute atomic E-state index is 10.6. The quantitative estimate of drug-likeness (QED) is 0.321. The predicted molar refractivity (Wildman–Crippen MR) is 82.9 cm³/mol. The molecule has 0 aromatic rings. The molecule has 3 nitrogen and oxygen atoms in total. The van der Waals surface area contributed by atoms with Gasteiger partial charge in [-0.2, -0.15) is 0 Å². The van der Waals surface area contributed by atoms with E-state index in [1.54, 1.807) is 6.08 Å². The van der Waals surface area contributed by atoms with Gasteiger partial charge >= 0.3 is 0 Å². The van der Waals surface area contributed by atoms with Crippen LogP contribution in [-0.2, 0) is 4.79 Å². The summed E-state index contributed by atoms with van der Waals surface area (Å²) < 4.78 is 0. The van der Waals surface area contributed by atoms with Crippen LogP contribution < -0.4 is 5.32 Å². The Kier molecular flexibility index (Phi) is 11.5. The smallest absolute Gasteiger partial charge is 0.151 e. The molecule has 0 aromatic carbocycles. The Hall–Kier alpha value is -0.960. The largest absolute Gasteiger partial charge is 0.310 e. The Bertz CT molecular complexity index is 264. The van der Waals surface area contributed by atoms with Gasteiger partial charge < -0.3 is 10.7 Å². The van der Waals surface area contributed by atoms with Crippen LogP contribution in [0, 0.1) is 11.3 Å². The Morgan fingerprint density at radius 1 is 1.26 bits per heavy atom. The summed E-state index contributed by atoms with van der Waals surface area (Å²) in [5.74, 6) is 0.821. The van der Waals surface area contributed by atoms with E-state index in [0.717, 1.165) is 18.4 Å². The highest BCUT2D eigenvalue weighted by Crippen LogP contribution is 2.14. The molecule has 0 radical (unpaired) electrons. The Balaban J connectivity index is 4.00. The standard InChI is InChI=1S/C16H30N2O/c1-4-7-16(9-6-8-14(3)5-2)18-11-10-15(12-17)13-19/h10,12-14,16-18H,4-9,11H2,1-3H3/b15-10+,17-12?. The first kappa shape index (κ1) is 18.0. The summed E-state index contributed by atoms with van der Waals surface area (Å²) in [6.45, 7) is 7.44. The molecule has 2 unspecified atom stereocenters. The second kappa shape index (κ2) is 12.1. The highest BCUT2D eigenvalue weighted by molar-refractivity contribution is 6.00. The molecule has 0 heterocycles. The van der Waals surface area contributed by atoms with Crippen molar-refractivity contribution in [1.82, 2.24) is 5.32 Å². The Labute approximate surface area is 118 Å². The van der Waals surface area contributed by atoms with E-state index in [0.29, 0.717) is 18.2 Å². The van der Waals surface area contributed by atoms with Gasteiger partial charge in [0.1, 0.15) is 0 Å². The third-order valence-electron chi connectivity index (χ3n) is 3.63. The fourth-order valence-electron chi connectivity index (χ4n) is 2.10. The summed E-state index contributed by atoms with van der Waals surface area (Å²) in [5.41, 5.74) is 0.447. The summed E-state index contributed by atoms with van der Waals surface area (Å²) >= 11 is 0. The van der Waals surface area contributed by atoms with Gasteiger partial charge in [0, 0.05) is 24.4 Å². The lowest BCUT2D eigenvalue weighted by atomic mass is 9.98. The number of hydrogen-bond donors (Lipinski definition) is 2. The van der Waals surface area contributed by atoms with Crippen molar-refractivity contribution in [3.8, 4) is 0 Å². The van der Waals surface area contributed by atoms with Crippen LogP contribution >= 0.6 is 0 Å². The number of rotatable bonds is 12. The molecule has 0 spiro atoms. The van der Waals surface area contributed by atoms with E-state index in [1.807, 2.05) is 0 Å². The van der Waals surface area contributed by atoms with Crippen molar-refractivity contribution < 1.29 is 4.79 Å². The van der Waals surface area contributed by atoms with E-state index in [1.165, 1.54) is 38.5 Å². The van der Waals surface area contributed by atoms with Gasteiger partial charge in [-0.05, 0) is 18.8 Å². The van der Waals surface area contributed by atoms with Crippen LogP contribution in [0.4, 0.5) is 0 Å². The molecule has 0 aromatic heterocycles. The molecular formula is C16H30N2O. The highest BCUT2D eigenvalue weighted by atomic mass is 16.1. The van der Waals surface area contributed by atoms with E-state index in [9.17, 15) is 4.79 Å². The molecule has 0 rings (SSSR count). The number of aldehydes is 1. The van der Waals surface area contributed by atoms with Crippen LogP contribution in [0.2, 0.25) is 0 Å². The molecule has 0 aliphatic heterocycles. The fourth-order valence-corrected chi connectivity index (χ4v) is 2.10. The first-order valence-electron chi connectivity index (χ1n) is 7.57. The first-order chi connectivity index (χ1) is 9.17. The summed E-state index contributed by atoms with van der Waals surface area (Å²) in [7, 11) is 0. The van der Waals surface area contributed by atoms with Crippen molar-refractivity contribution in [2.24, 2.45) is 5.92 Å². The summed E-state index contributed by atoms with van der Waals surface area (Å²) in [5, 5.41) is 10.5. The number of carbonyl (C=O) groups is 1. The van der Waals surface area contributed by atoms with Crippen LogP contribution in [0.15, 0.2) is 11.6 Å². The first-order valence-corrected chi connectivity index (χ1v) is 7.57. The number of hydrogen-bond acceptors (Lipinski definition) is 3. The van der Waals surface area contributed by atoms with Crippen molar-refractivity contribution in [2.75, 3.05) is 6.54 Å². The molecule has 0 amide bonds. The summed E-state index contributed by atoms with van der Waals surface area (Å²) in [6.07, 6.45) is 11.0. The fraction of sp³-hybridized carbons (Fsp3) is 0.750. The molecule has 2 atom stereocenters. The average molecular weight is 266 g/mol. The normalized spacial score (nSPS) is 15.0. The van der Waals surface area contributed by atoms with Crippen LogP contribution in [0.1, 0.15) is 59.3 Å². The van der Waals surface area contributed by atoms with Crippen LogP contribution in [0.5, 0.6) is 0 Å². The number of nitrogens with one attached hydrogen (secondary N) is 2. The third-order valence-corrected chi connectivity index (χ3v) is 3.63. The maximum Gasteiger partial charge on any atom is 0.151 e. The Morgan fingerprint density at radius 3 is 2.53 bits per heavy atom. The summed E-state index contributed by atoms with van der Waals surface area (Å²) in [6, 6.07) is 0.531. The number of carbonyl (C=O) groups excluding carboxylic acids is 1. The third kappa shape index (κ3) is 9.60. The van der Waals surface area contributed by atoms with E-state index < -0.39 is 0 Å². The van der Waals surface area contributed by atoms with Crippen LogP contribution in [0.3, 0.4) is 0 Å². The van der Waals surface area contributed by atoms with E-state index >= 15 is 0 Å². The van der Waals surface area contributed by atoms with Crippen molar-refractivity contribution >= 4 is 12.5 Å². The van der Waals surface area contributed by atoms with E-state index in [4.69, 9.17) is 5.41 Å². The van der Waals surface area contributed by atoms with Crippen molar-refractivity contribution in [2.45, 2.75) is 65.3 Å². The topological polar surface area (TPSA) is 53.0 Å². The van der Waals surface area contributed by atoms with Crippen LogP contribution in [0.25, 0.3) is 0 Å². The van der Waals surface area contributed by atoms with Gasteiger partial charge in [-0.1, -0.05) is 52.5 Å². The molecular weight excluding hydrogens is 236 g/mol. The average Bonchev–Trinajstić information content (AvgIpc) is 2.43. The molecule has 19 heavy (non-hydrogen) atoms. The zero-order valence-electron chi connectivity index (χ0n) is 12.7. The molecule has 2 N–H and O–H groups in total. The minimum atomic E-state index is 0.447. The second-order valence-corrected chi connectivity index (χ2v) is 5.30. The van der Waals surface area contributed by atoms with Crippen LogP contribution in [-0.4, -0.2) is 25.1 Å². The lowest BCUT2D eigenvalue weighted by molar-refractivity contribution is -0.104. The SMILES string of the molecule is CCCC(CCCC(C)CC)NC/C=C(\C=N)C=O. The van der Waals surface area contributed by atoms with E-state index in [-0.39, 0.29) is 0 Å². The van der Waals surface area contributed by atoms with Crippen molar-refractivity contribution in [3.05, 3.63) is 11.6 Å². The lowest BCUT2D eigenvalue weighted by Crippen LogP contribution is -2.29. The van der Waals surface area contributed by atoms with Gasteiger partial charge in [-0.15, -0.1) is 0 Å². The van der Waals surface area contributed by atoms with Gasteiger partial charge in [-0.25, -0.2) is 0 Å². The van der Waals surface area contributed by atoms with Gasteiger partial charge in [-0.3, -0.25) is 4.79 Å². The zero-order valence-corrected chi connectivity index (χ0v) is 12.7. The highest BCUT2D eigenvalue weighted by Gasteiger charge is 2.07. The minimum Gasteiger partial charge on any atom is -0.310 e. The molecule has 0 aliphatic rings. The van der Waals surface area contributed by atoms with Crippen molar-refractivity contribution in [3.63, 3.8) is 0 Å². The molecule has 0 fully saturated rings. The van der Waals surface area contributed by atoms with Crippen molar-refractivity contribution in [1.29, 1.82) is 5.41 Å².